The van der Waals surface area contributed by atoms with E-state index in [1.165, 1.54) is 11.3 Å². The average molecular weight is 538 g/mol. The molecule has 0 radical (unpaired) electrons. The van der Waals surface area contributed by atoms with Gasteiger partial charge in [0.05, 0.1) is 39.9 Å². The Hall–Kier alpha value is -3.95. The summed E-state index contributed by atoms with van der Waals surface area (Å²) in [5.74, 6) is -0.865. The number of esters is 1. The van der Waals surface area contributed by atoms with E-state index >= 15 is 0 Å². The van der Waals surface area contributed by atoms with Crippen molar-refractivity contribution in [2.45, 2.75) is 19.4 Å². The number of hydrogen-bond acceptors (Lipinski definition) is 7. The molecule has 0 unspecified atom stereocenters. The number of rotatable bonds is 10. The number of nitrogens with zero attached hydrogens (tertiary/aromatic N) is 1. The van der Waals surface area contributed by atoms with Crippen LogP contribution in [0, 0.1) is 0 Å². The number of nitrogens with one attached hydrogen (secondary N) is 2. The largest absolute Gasteiger partial charge is 0.494 e. The molecule has 1 aromatic heterocycles. The Morgan fingerprint density at radius 3 is 2.54 bits per heavy atom. The predicted octanol–water partition coefficient (Wildman–Crippen LogP) is 5.39. The number of anilines is 1. The van der Waals surface area contributed by atoms with E-state index in [2.05, 4.69) is 15.6 Å². The highest BCUT2D eigenvalue weighted by molar-refractivity contribution is 7.22. The highest BCUT2D eigenvalue weighted by Gasteiger charge is 2.22. The summed E-state index contributed by atoms with van der Waals surface area (Å²) < 4.78 is 11.5. The molecule has 10 heteroatoms. The number of halogens is 1. The van der Waals surface area contributed by atoms with Crippen molar-refractivity contribution >= 4 is 56.1 Å². The Balaban J connectivity index is 1.35. The lowest BCUT2D eigenvalue weighted by molar-refractivity contribution is -0.147. The summed E-state index contributed by atoms with van der Waals surface area (Å²) in [5, 5.41) is 6.17. The van der Waals surface area contributed by atoms with Crippen molar-refractivity contribution in [3.05, 3.63) is 88.9 Å². The molecule has 0 aliphatic heterocycles. The van der Waals surface area contributed by atoms with E-state index in [1.54, 1.807) is 48.5 Å². The van der Waals surface area contributed by atoms with Crippen LogP contribution in [0.1, 0.15) is 35.3 Å². The van der Waals surface area contributed by atoms with Crippen molar-refractivity contribution in [1.82, 2.24) is 10.3 Å². The average Bonchev–Trinajstić information content (AvgIpc) is 3.29. The summed E-state index contributed by atoms with van der Waals surface area (Å²) in [6.45, 7) is 1.96. The molecule has 0 aliphatic rings. The van der Waals surface area contributed by atoms with E-state index in [-0.39, 0.29) is 6.42 Å². The molecular weight excluding hydrogens is 514 g/mol. The summed E-state index contributed by atoms with van der Waals surface area (Å²) >= 11 is 7.44. The number of ether oxygens (including phenoxy) is 2. The maximum absolute atomic E-state index is 12.8. The number of carbonyl (C=O) groups excluding carboxylic acids is 3. The molecule has 0 saturated carbocycles. The van der Waals surface area contributed by atoms with Crippen LogP contribution in [-0.4, -0.2) is 36.0 Å². The summed E-state index contributed by atoms with van der Waals surface area (Å²) in [5.41, 5.74) is 1.73. The molecule has 0 spiro atoms. The van der Waals surface area contributed by atoms with E-state index in [1.807, 2.05) is 31.2 Å². The maximum Gasteiger partial charge on any atom is 0.308 e. The first-order valence-corrected chi connectivity index (χ1v) is 12.7. The van der Waals surface area contributed by atoms with Crippen LogP contribution in [0.25, 0.3) is 10.2 Å². The lowest BCUT2D eigenvalue weighted by atomic mass is 10.0. The molecule has 37 heavy (non-hydrogen) atoms. The lowest BCUT2D eigenvalue weighted by Crippen LogP contribution is -2.31. The van der Waals surface area contributed by atoms with Crippen LogP contribution in [0.2, 0.25) is 5.02 Å². The Kier molecular flexibility index (Phi) is 8.71. The third-order valence-electron chi connectivity index (χ3n) is 5.28. The molecule has 0 aliphatic carbocycles. The lowest BCUT2D eigenvalue weighted by Gasteiger charge is -2.19. The van der Waals surface area contributed by atoms with Crippen LogP contribution in [0.15, 0.2) is 72.8 Å². The van der Waals surface area contributed by atoms with Gasteiger partial charge in [-0.05, 0) is 42.8 Å². The second-order valence-corrected chi connectivity index (χ2v) is 9.35. The van der Waals surface area contributed by atoms with Gasteiger partial charge in [-0.2, -0.15) is 0 Å². The van der Waals surface area contributed by atoms with Gasteiger partial charge in [-0.1, -0.05) is 65.4 Å². The molecule has 0 saturated heterocycles. The Morgan fingerprint density at radius 1 is 1.03 bits per heavy atom. The SMILES string of the molecule is CCOc1ccc2nc(NC(=O)COC(=O)C[C@H](NC(=O)c3ccccc3Cl)c3ccccc3)sc2c1. The Morgan fingerprint density at radius 2 is 1.78 bits per heavy atom. The van der Waals surface area contributed by atoms with Gasteiger partial charge in [-0.3, -0.25) is 19.7 Å². The van der Waals surface area contributed by atoms with Gasteiger partial charge in [0.1, 0.15) is 5.75 Å². The zero-order chi connectivity index (χ0) is 26.2. The number of hydrogen-bond donors (Lipinski definition) is 2. The number of thiazole rings is 1. The van der Waals surface area contributed by atoms with E-state index in [9.17, 15) is 14.4 Å². The van der Waals surface area contributed by atoms with Gasteiger partial charge in [-0.15, -0.1) is 0 Å². The second-order valence-electron chi connectivity index (χ2n) is 7.91. The van der Waals surface area contributed by atoms with Crippen LogP contribution < -0.4 is 15.4 Å². The van der Waals surface area contributed by atoms with E-state index < -0.39 is 30.4 Å². The molecule has 0 fully saturated rings. The molecule has 2 N–H and O–H groups in total. The summed E-state index contributed by atoms with van der Waals surface area (Å²) in [7, 11) is 0. The highest BCUT2D eigenvalue weighted by Crippen LogP contribution is 2.29. The molecule has 1 atom stereocenters. The monoisotopic (exact) mass is 537 g/mol. The molecule has 2 amide bonds. The van der Waals surface area contributed by atoms with Gasteiger partial charge in [0.2, 0.25) is 0 Å². The number of benzene rings is 3. The van der Waals surface area contributed by atoms with E-state index in [4.69, 9.17) is 21.1 Å². The van der Waals surface area contributed by atoms with Crippen LogP contribution in [-0.2, 0) is 14.3 Å². The maximum atomic E-state index is 12.8. The third kappa shape index (κ3) is 7.05. The number of amides is 2. The molecule has 1 heterocycles. The zero-order valence-corrected chi connectivity index (χ0v) is 21.5. The molecule has 4 aromatic rings. The van der Waals surface area contributed by atoms with Crippen LogP contribution in [0.4, 0.5) is 5.13 Å². The highest BCUT2D eigenvalue weighted by atomic mass is 35.5. The van der Waals surface area contributed by atoms with Crippen molar-refractivity contribution < 1.29 is 23.9 Å². The predicted molar refractivity (Wildman–Crippen MR) is 143 cm³/mol. The zero-order valence-electron chi connectivity index (χ0n) is 19.9. The van der Waals surface area contributed by atoms with Crippen molar-refractivity contribution in [3.8, 4) is 5.75 Å². The van der Waals surface area contributed by atoms with Gasteiger partial charge in [0.15, 0.2) is 11.7 Å². The van der Waals surface area contributed by atoms with Crippen LogP contribution in [0.5, 0.6) is 5.75 Å². The Labute approximate surface area is 222 Å². The fourth-order valence-electron chi connectivity index (χ4n) is 3.56. The fourth-order valence-corrected chi connectivity index (χ4v) is 4.69. The Bertz CT molecular complexity index is 1410. The summed E-state index contributed by atoms with van der Waals surface area (Å²) in [6, 6.07) is 20.5. The van der Waals surface area contributed by atoms with Gasteiger partial charge in [-0.25, -0.2) is 4.98 Å². The number of aromatic nitrogens is 1. The first-order valence-electron chi connectivity index (χ1n) is 11.5. The molecule has 190 valence electrons. The molecule has 8 nitrogen and oxygen atoms in total. The van der Waals surface area contributed by atoms with Crippen molar-refractivity contribution in [3.63, 3.8) is 0 Å². The van der Waals surface area contributed by atoms with Gasteiger partial charge < -0.3 is 14.8 Å². The number of carbonyl (C=O) groups is 3. The first-order chi connectivity index (χ1) is 17.9. The van der Waals surface area contributed by atoms with Crippen molar-refractivity contribution in [1.29, 1.82) is 0 Å². The van der Waals surface area contributed by atoms with Crippen molar-refractivity contribution in [2.24, 2.45) is 0 Å². The standard InChI is InChI=1S/C27H24ClN3O5S/c1-2-35-18-12-13-21-23(14-18)37-27(30-21)31-24(32)16-36-25(33)15-22(17-8-4-3-5-9-17)29-26(34)19-10-6-7-11-20(19)28/h3-14,22H,2,15-16H2,1H3,(H,29,34)(H,30,31,32)/t22-/m0/s1. The van der Waals surface area contributed by atoms with Gasteiger partial charge >= 0.3 is 5.97 Å². The first kappa shape index (κ1) is 26.1. The minimum atomic E-state index is -0.677. The van der Waals surface area contributed by atoms with E-state index in [0.29, 0.717) is 27.9 Å². The summed E-state index contributed by atoms with van der Waals surface area (Å²) in [4.78, 5) is 42.2. The quantitative estimate of drug-likeness (QED) is 0.263. The van der Waals surface area contributed by atoms with Gasteiger partial charge in [0.25, 0.3) is 11.8 Å². The topological polar surface area (TPSA) is 107 Å². The van der Waals surface area contributed by atoms with Crippen LogP contribution >= 0.6 is 22.9 Å². The summed E-state index contributed by atoms with van der Waals surface area (Å²) in [6.07, 6.45) is -0.172. The second kappa shape index (κ2) is 12.3. The minimum absolute atomic E-state index is 0.172. The third-order valence-corrected chi connectivity index (χ3v) is 6.54. The smallest absolute Gasteiger partial charge is 0.308 e. The molecule has 4 rings (SSSR count). The van der Waals surface area contributed by atoms with Gasteiger partial charge in [0, 0.05) is 0 Å². The molecule has 0 bridgehead atoms. The van der Waals surface area contributed by atoms with Crippen molar-refractivity contribution in [2.75, 3.05) is 18.5 Å². The van der Waals surface area contributed by atoms with Crippen LogP contribution in [0.3, 0.4) is 0 Å². The van der Waals surface area contributed by atoms with E-state index in [0.717, 1.165) is 16.0 Å². The minimum Gasteiger partial charge on any atom is -0.494 e. The fraction of sp³-hybridized carbons (Fsp3) is 0.185. The molecule has 3 aromatic carbocycles. The number of fused-ring (bicyclic) bond motifs is 1. The molecular formula is C27H24ClN3O5S. The normalized spacial score (nSPS) is 11.5.